The van der Waals surface area contributed by atoms with Gasteiger partial charge in [-0.25, -0.2) is 8.42 Å². The molecule has 1 N–H and O–H groups in total. The fraction of sp³-hybridized carbons (Fsp3) is 0.280. The van der Waals surface area contributed by atoms with Crippen molar-refractivity contribution >= 4 is 21.6 Å². The van der Waals surface area contributed by atoms with Crippen LogP contribution in [0.25, 0.3) is 0 Å². The molecule has 3 nitrogen and oxygen atoms in total. The Morgan fingerprint density at radius 1 is 0.733 bits per heavy atom. The molecular formula is C25H26ClNO2S. The molecule has 0 heterocycles. The quantitative estimate of drug-likeness (QED) is 0.507. The van der Waals surface area contributed by atoms with E-state index in [1.54, 1.807) is 12.1 Å². The first-order valence-corrected chi connectivity index (χ1v) is 12.0. The zero-order chi connectivity index (χ0) is 21.6. The van der Waals surface area contributed by atoms with Gasteiger partial charge >= 0.3 is 0 Å². The number of rotatable bonds is 6. The van der Waals surface area contributed by atoms with E-state index in [1.165, 1.54) is 0 Å². The first-order valence-electron chi connectivity index (χ1n) is 10.1. The lowest BCUT2D eigenvalue weighted by Gasteiger charge is -2.40. The minimum absolute atomic E-state index is 0.234. The summed E-state index contributed by atoms with van der Waals surface area (Å²) < 4.78 is 30.1. The molecule has 1 saturated carbocycles. The molecule has 30 heavy (non-hydrogen) atoms. The second-order valence-corrected chi connectivity index (χ2v) is 10.8. The summed E-state index contributed by atoms with van der Waals surface area (Å²) in [5.74, 6) is 0. The third kappa shape index (κ3) is 3.68. The maximum atomic E-state index is 13.5. The van der Waals surface area contributed by atoms with Crippen molar-refractivity contribution in [2.75, 3.05) is 0 Å². The second-order valence-electron chi connectivity index (χ2n) is 8.37. The van der Waals surface area contributed by atoms with Gasteiger partial charge in [-0.1, -0.05) is 77.4 Å². The summed E-state index contributed by atoms with van der Waals surface area (Å²) >= 11 is 7.11. The summed E-state index contributed by atoms with van der Waals surface area (Å²) in [6.45, 7) is 5.97. The van der Waals surface area contributed by atoms with Crippen molar-refractivity contribution in [2.24, 2.45) is 0 Å². The Bertz CT molecular complexity index is 1100. The van der Waals surface area contributed by atoms with Gasteiger partial charge in [0.1, 0.15) is 5.54 Å². The molecule has 0 amide bonds. The monoisotopic (exact) mass is 439 g/mol. The van der Waals surface area contributed by atoms with E-state index in [2.05, 4.69) is 4.72 Å². The van der Waals surface area contributed by atoms with Gasteiger partial charge in [-0.05, 0) is 56.9 Å². The number of halogens is 1. The summed E-state index contributed by atoms with van der Waals surface area (Å²) in [6.07, 6.45) is 1.46. The number of alkyl halides is 1. The predicted octanol–water partition coefficient (Wildman–Crippen LogP) is 5.61. The van der Waals surface area contributed by atoms with Crippen molar-refractivity contribution in [1.29, 1.82) is 0 Å². The van der Waals surface area contributed by atoms with Crippen LogP contribution in [-0.2, 0) is 15.6 Å². The van der Waals surface area contributed by atoms with Crippen LogP contribution >= 0.6 is 11.6 Å². The zero-order valence-corrected chi connectivity index (χ0v) is 19.0. The van der Waals surface area contributed by atoms with E-state index in [1.807, 2.05) is 81.4 Å². The highest BCUT2D eigenvalue weighted by molar-refractivity contribution is 7.89. The summed E-state index contributed by atoms with van der Waals surface area (Å²) in [4.78, 5) is -0.493. The molecule has 0 aliphatic heterocycles. The van der Waals surface area contributed by atoms with Crippen molar-refractivity contribution in [3.63, 3.8) is 0 Å². The molecule has 0 saturated heterocycles. The molecule has 1 fully saturated rings. The van der Waals surface area contributed by atoms with Crippen LogP contribution in [-0.4, -0.2) is 13.3 Å². The van der Waals surface area contributed by atoms with E-state index >= 15 is 0 Å². The second kappa shape index (κ2) is 7.52. The van der Waals surface area contributed by atoms with Crippen LogP contribution in [0.15, 0.2) is 77.7 Å². The van der Waals surface area contributed by atoms with Crippen molar-refractivity contribution in [3.8, 4) is 0 Å². The minimum Gasteiger partial charge on any atom is -0.207 e. The highest BCUT2D eigenvalue weighted by atomic mass is 35.5. The van der Waals surface area contributed by atoms with Crippen molar-refractivity contribution in [1.82, 2.24) is 4.72 Å². The summed E-state index contributed by atoms with van der Waals surface area (Å²) in [7, 11) is -3.83. The van der Waals surface area contributed by atoms with Crippen LogP contribution in [0.4, 0.5) is 0 Å². The van der Waals surface area contributed by atoms with Gasteiger partial charge in [-0.15, -0.1) is 11.6 Å². The van der Waals surface area contributed by atoms with Gasteiger partial charge in [0.25, 0.3) is 0 Å². The third-order valence-corrected chi connectivity index (χ3v) is 8.08. The van der Waals surface area contributed by atoms with E-state index in [4.69, 9.17) is 11.6 Å². The average molecular weight is 440 g/mol. The molecule has 1 aliphatic carbocycles. The summed E-state index contributed by atoms with van der Waals surface area (Å²) in [5.41, 5.74) is 3.85. The van der Waals surface area contributed by atoms with E-state index in [0.717, 1.165) is 40.7 Å². The summed E-state index contributed by atoms with van der Waals surface area (Å²) in [5, 5.41) is 0. The van der Waals surface area contributed by atoms with Gasteiger partial charge < -0.3 is 0 Å². The van der Waals surface area contributed by atoms with E-state index < -0.39 is 20.4 Å². The Balaban J connectivity index is 1.94. The third-order valence-electron chi connectivity index (χ3n) is 5.95. The van der Waals surface area contributed by atoms with Crippen LogP contribution in [0.3, 0.4) is 0 Å². The van der Waals surface area contributed by atoms with Crippen LogP contribution < -0.4 is 4.72 Å². The fourth-order valence-corrected chi connectivity index (χ4v) is 5.83. The van der Waals surface area contributed by atoms with Crippen molar-refractivity contribution < 1.29 is 8.42 Å². The van der Waals surface area contributed by atoms with Crippen LogP contribution in [0.5, 0.6) is 0 Å². The Labute approximate surface area is 184 Å². The number of aryl methyl sites for hydroxylation is 3. The van der Waals surface area contributed by atoms with Crippen LogP contribution in [0.2, 0.25) is 0 Å². The lowest BCUT2D eigenvalue weighted by molar-refractivity contribution is 0.431. The molecule has 5 heteroatoms. The molecule has 0 atom stereocenters. The SMILES string of the molecule is Cc1ccc(C(NS(=O)(=O)c2ccc(C)cc2)(c2ccc(C)cc2)C2(Cl)CC2)cc1. The Morgan fingerprint density at radius 2 is 1.10 bits per heavy atom. The zero-order valence-electron chi connectivity index (χ0n) is 17.4. The molecule has 0 aromatic heterocycles. The Morgan fingerprint density at radius 3 is 1.47 bits per heavy atom. The topological polar surface area (TPSA) is 46.2 Å². The Kier molecular flexibility index (Phi) is 5.29. The molecule has 0 spiro atoms. The molecule has 0 unspecified atom stereocenters. The maximum absolute atomic E-state index is 13.5. The van der Waals surface area contributed by atoms with Gasteiger partial charge in [0.15, 0.2) is 0 Å². The first-order chi connectivity index (χ1) is 14.2. The van der Waals surface area contributed by atoms with Crippen molar-refractivity contribution in [3.05, 3.63) is 101 Å². The lowest BCUT2D eigenvalue weighted by atomic mass is 9.78. The Hall–Kier alpha value is -2.14. The van der Waals surface area contributed by atoms with Gasteiger partial charge in [-0.2, -0.15) is 4.72 Å². The molecule has 0 bridgehead atoms. The summed E-state index contributed by atoms with van der Waals surface area (Å²) in [6, 6.07) is 22.8. The molecular weight excluding hydrogens is 414 g/mol. The number of hydrogen-bond donors (Lipinski definition) is 1. The van der Waals surface area contributed by atoms with Crippen molar-refractivity contribution in [2.45, 2.75) is 48.9 Å². The maximum Gasteiger partial charge on any atom is 0.241 e. The normalized spacial score (nSPS) is 15.7. The molecule has 156 valence electrons. The molecule has 0 radical (unpaired) electrons. The van der Waals surface area contributed by atoms with Gasteiger partial charge in [0.05, 0.1) is 9.77 Å². The van der Waals surface area contributed by atoms with Gasteiger partial charge in [0, 0.05) is 0 Å². The highest BCUT2D eigenvalue weighted by Gasteiger charge is 2.61. The van der Waals surface area contributed by atoms with Gasteiger partial charge in [-0.3, -0.25) is 0 Å². The minimum atomic E-state index is -3.83. The van der Waals surface area contributed by atoms with E-state index in [9.17, 15) is 8.42 Å². The first kappa shape index (κ1) is 21.1. The number of hydrogen-bond acceptors (Lipinski definition) is 2. The average Bonchev–Trinajstić information content (AvgIpc) is 3.47. The van der Waals surface area contributed by atoms with E-state index in [0.29, 0.717) is 0 Å². The standard InChI is InChI=1S/C25H26ClNO2S/c1-18-4-10-21(11-5-18)25(24(26)16-17-24,22-12-6-19(2)7-13-22)27-30(28,29)23-14-8-20(3)9-15-23/h4-15,27H,16-17H2,1-3H3. The molecule has 1 aliphatic rings. The predicted molar refractivity (Wildman–Crippen MR) is 122 cm³/mol. The van der Waals surface area contributed by atoms with Crippen LogP contribution in [0.1, 0.15) is 40.7 Å². The lowest BCUT2D eigenvalue weighted by Crippen LogP contribution is -2.54. The fourth-order valence-electron chi connectivity index (χ4n) is 3.96. The molecule has 3 aromatic rings. The van der Waals surface area contributed by atoms with Crippen LogP contribution in [0, 0.1) is 20.8 Å². The van der Waals surface area contributed by atoms with Gasteiger partial charge in [0.2, 0.25) is 10.0 Å². The molecule has 3 aromatic carbocycles. The number of sulfonamides is 1. The van der Waals surface area contributed by atoms with E-state index in [-0.39, 0.29) is 4.90 Å². The molecule has 4 rings (SSSR count). The largest absolute Gasteiger partial charge is 0.241 e. The smallest absolute Gasteiger partial charge is 0.207 e. The number of benzene rings is 3. The number of nitrogens with one attached hydrogen (secondary N) is 1. The highest BCUT2D eigenvalue weighted by Crippen LogP contribution is 2.58.